The molecule has 1 saturated heterocycles. The van der Waals surface area contributed by atoms with Crippen molar-refractivity contribution in [2.75, 3.05) is 23.3 Å². The molecule has 2 unspecified atom stereocenters. The molecular formula is C24H39N3O4S. The van der Waals surface area contributed by atoms with Gasteiger partial charge in [0.05, 0.1) is 17.5 Å². The number of ether oxygens (including phenoxy) is 1. The molecule has 1 amide bonds. The normalized spacial score (nSPS) is 26.9. The van der Waals surface area contributed by atoms with Crippen LogP contribution in [0.25, 0.3) is 0 Å². The highest BCUT2D eigenvalue weighted by Gasteiger charge is 2.30. The SMILES string of the molecule is Cc1cc(NC(=O)C2CCC(NS(=O)(=O)C(C)C)CC2)cc(C)c1N1CC(C)OC(C)C1. The average molecular weight is 466 g/mol. The number of rotatable bonds is 6. The van der Waals surface area contributed by atoms with Crippen LogP contribution in [-0.2, 0) is 19.6 Å². The molecular weight excluding hydrogens is 426 g/mol. The molecule has 1 aromatic carbocycles. The summed E-state index contributed by atoms with van der Waals surface area (Å²) in [5.41, 5.74) is 4.34. The second-order valence-corrected chi connectivity index (χ2v) is 12.1. The third-order valence-corrected chi connectivity index (χ3v) is 8.45. The number of aryl methyl sites for hydroxylation is 2. The molecule has 1 aliphatic carbocycles. The molecule has 8 heteroatoms. The molecule has 0 aromatic heterocycles. The van der Waals surface area contributed by atoms with Gasteiger partial charge in [-0.3, -0.25) is 4.79 Å². The first-order valence-corrected chi connectivity index (χ1v) is 13.3. The van der Waals surface area contributed by atoms with E-state index in [0.29, 0.717) is 25.7 Å². The summed E-state index contributed by atoms with van der Waals surface area (Å²) in [4.78, 5) is 15.3. The van der Waals surface area contributed by atoms with Crippen LogP contribution in [0.3, 0.4) is 0 Å². The largest absolute Gasteiger partial charge is 0.372 e. The number of sulfonamides is 1. The molecule has 0 spiro atoms. The van der Waals surface area contributed by atoms with Gasteiger partial charge in [0, 0.05) is 36.4 Å². The summed E-state index contributed by atoms with van der Waals surface area (Å²) in [6, 6.07) is 4.02. The lowest BCUT2D eigenvalue weighted by Gasteiger charge is -2.38. The molecule has 0 bridgehead atoms. The van der Waals surface area contributed by atoms with E-state index in [1.165, 1.54) is 5.69 Å². The van der Waals surface area contributed by atoms with E-state index >= 15 is 0 Å². The van der Waals surface area contributed by atoms with Crippen molar-refractivity contribution in [3.8, 4) is 0 Å². The Kier molecular flexibility index (Phi) is 7.89. The predicted molar refractivity (Wildman–Crippen MR) is 130 cm³/mol. The fourth-order valence-electron chi connectivity index (χ4n) is 4.97. The maximum atomic E-state index is 12.9. The van der Waals surface area contributed by atoms with Gasteiger partial charge in [-0.1, -0.05) is 0 Å². The van der Waals surface area contributed by atoms with Crippen LogP contribution in [0.1, 0.15) is 64.5 Å². The molecule has 1 aliphatic heterocycles. The van der Waals surface area contributed by atoms with E-state index in [-0.39, 0.29) is 30.1 Å². The summed E-state index contributed by atoms with van der Waals surface area (Å²) in [5, 5.41) is 2.66. The van der Waals surface area contributed by atoms with Gasteiger partial charge in [-0.25, -0.2) is 13.1 Å². The zero-order chi connectivity index (χ0) is 23.6. The van der Waals surface area contributed by atoms with Crippen LogP contribution >= 0.6 is 0 Å². The van der Waals surface area contributed by atoms with Gasteiger partial charge in [-0.05, 0) is 90.5 Å². The van der Waals surface area contributed by atoms with Crippen LogP contribution in [0.4, 0.5) is 11.4 Å². The fourth-order valence-corrected chi connectivity index (χ4v) is 5.95. The van der Waals surface area contributed by atoms with Gasteiger partial charge < -0.3 is 15.0 Å². The first-order chi connectivity index (χ1) is 15.0. The highest BCUT2D eigenvalue weighted by Crippen LogP contribution is 2.32. The monoisotopic (exact) mass is 465 g/mol. The maximum absolute atomic E-state index is 12.9. The Morgan fingerprint density at radius 2 is 1.56 bits per heavy atom. The van der Waals surface area contributed by atoms with E-state index in [9.17, 15) is 13.2 Å². The average Bonchev–Trinajstić information content (AvgIpc) is 2.66. The molecule has 2 atom stereocenters. The number of carbonyl (C=O) groups is 1. The zero-order valence-electron chi connectivity index (χ0n) is 20.3. The lowest BCUT2D eigenvalue weighted by molar-refractivity contribution is -0.120. The Hall–Kier alpha value is -1.64. The molecule has 1 aromatic rings. The number of morpholine rings is 1. The Bertz CT molecular complexity index is 890. The van der Waals surface area contributed by atoms with Gasteiger partial charge in [-0.15, -0.1) is 0 Å². The number of benzene rings is 1. The van der Waals surface area contributed by atoms with Gasteiger partial charge >= 0.3 is 0 Å². The van der Waals surface area contributed by atoms with E-state index in [1.54, 1.807) is 13.8 Å². The number of nitrogens with zero attached hydrogens (tertiary/aromatic N) is 1. The molecule has 7 nitrogen and oxygen atoms in total. The Balaban J connectivity index is 1.60. The van der Waals surface area contributed by atoms with Crippen molar-refractivity contribution in [3.05, 3.63) is 23.3 Å². The van der Waals surface area contributed by atoms with E-state index in [1.807, 2.05) is 12.1 Å². The quantitative estimate of drug-likeness (QED) is 0.668. The standard InChI is InChI=1S/C24H39N3O4S/c1-15(2)32(29,30)26-21-9-7-20(8-10-21)24(28)25-22-11-16(3)23(17(4)12-22)27-13-18(5)31-19(6)14-27/h11-12,15,18-21,26H,7-10,13-14H2,1-6H3,(H,25,28). The van der Waals surface area contributed by atoms with Crippen LogP contribution in [0.15, 0.2) is 12.1 Å². The fraction of sp³-hybridized carbons (Fsp3) is 0.708. The maximum Gasteiger partial charge on any atom is 0.227 e. The first-order valence-electron chi connectivity index (χ1n) is 11.8. The van der Waals surface area contributed by atoms with E-state index < -0.39 is 15.3 Å². The summed E-state index contributed by atoms with van der Waals surface area (Å²) >= 11 is 0. The molecule has 3 rings (SSSR count). The summed E-state index contributed by atoms with van der Waals surface area (Å²) in [6.45, 7) is 13.5. The molecule has 1 saturated carbocycles. The third-order valence-electron chi connectivity index (χ3n) is 6.54. The lowest BCUT2D eigenvalue weighted by Crippen LogP contribution is -2.46. The van der Waals surface area contributed by atoms with Gasteiger partial charge in [0.15, 0.2) is 0 Å². The highest BCUT2D eigenvalue weighted by molar-refractivity contribution is 7.90. The Morgan fingerprint density at radius 3 is 2.06 bits per heavy atom. The highest BCUT2D eigenvalue weighted by atomic mass is 32.2. The zero-order valence-corrected chi connectivity index (χ0v) is 21.1. The van der Waals surface area contributed by atoms with Gasteiger partial charge in [0.25, 0.3) is 0 Å². The number of amides is 1. The molecule has 0 radical (unpaired) electrons. The summed E-state index contributed by atoms with van der Waals surface area (Å²) in [7, 11) is -3.28. The van der Waals surface area contributed by atoms with Crippen molar-refractivity contribution in [2.24, 2.45) is 5.92 Å². The van der Waals surface area contributed by atoms with E-state index in [2.05, 4.69) is 42.6 Å². The van der Waals surface area contributed by atoms with E-state index in [4.69, 9.17) is 4.74 Å². The topological polar surface area (TPSA) is 87.7 Å². The van der Waals surface area contributed by atoms with Crippen molar-refractivity contribution in [1.29, 1.82) is 0 Å². The van der Waals surface area contributed by atoms with E-state index in [0.717, 1.165) is 29.9 Å². The third kappa shape index (κ3) is 6.02. The number of nitrogens with one attached hydrogen (secondary N) is 2. The second kappa shape index (κ2) is 10.1. The molecule has 180 valence electrons. The Morgan fingerprint density at radius 1 is 1.03 bits per heavy atom. The van der Waals surface area contributed by atoms with Crippen LogP contribution in [0.2, 0.25) is 0 Å². The number of hydrogen-bond donors (Lipinski definition) is 2. The van der Waals surface area contributed by atoms with Crippen molar-refractivity contribution >= 4 is 27.3 Å². The van der Waals surface area contributed by atoms with Crippen LogP contribution < -0.4 is 14.9 Å². The lowest BCUT2D eigenvalue weighted by atomic mass is 9.86. The number of anilines is 2. The molecule has 2 fully saturated rings. The molecule has 32 heavy (non-hydrogen) atoms. The van der Waals surface area contributed by atoms with Crippen molar-refractivity contribution < 1.29 is 17.9 Å². The minimum absolute atomic E-state index is 0.0235. The number of hydrogen-bond acceptors (Lipinski definition) is 5. The minimum Gasteiger partial charge on any atom is -0.372 e. The Labute approximate surface area is 193 Å². The van der Waals surface area contributed by atoms with Crippen molar-refractivity contribution in [1.82, 2.24) is 4.72 Å². The van der Waals surface area contributed by atoms with Crippen LogP contribution in [-0.4, -0.2) is 50.9 Å². The van der Waals surface area contributed by atoms with Gasteiger partial charge in [0.1, 0.15) is 0 Å². The predicted octanol–water partition coefficient (Wildman–Crippen LogP) is 3.74. The smallest absolute Gasteiger partial charge is 0.227 e. The summed E-state index contributed by atoms with van der Waals surface area (Å²) in [6.07, 6.45) is 3.14. The minimum atomic E-state index is -3.28. The summed E-state index contributed by atoms with van der Waals surface area (Å²) in [5.74, 6) is -0.0635. The van der Waals surface area contributed by atoms with Gasteiger partial charge in [-0.2, -0.15) is 0 Å². The van der Waals surface area contributed by atoms with Crippen LogP contribution in [0.5, 0.6) is 0 Å². The van der Waals surface area contributed by atoms with Gasteiger partial charge in [0.2, 0.25) is 15.9 Å². The van der Waals surface area contributed by atoms with Crippen LogP contribution in [0, 0.1) is 19.8 Å². The summed E-state index contributed by atoms with van der Waals surface area (Å²) < 4.78 is 32.9. The van der Waals surface area contributed by atoms with Crippen molar-refractivity contribution in [3.63, 3.8) is 0 Å². The second-order valence-electron chi connectivity index (χ2n) is 9.87. The molecule has 2 N–H and O–H groups in total. The molecule has 2 aliphatic rings. The number of carbonyl (C=O) groups excluding carboxylic acids is 1. The molecule has 1 heterocycles. The first kappa shape index (κ1) is 25.0. The van der Waals surface area contributed by atoms with Crippen molar-refractivity contribution in [2.45, 2.75) is 90.7 Å².